The maximum absolute atomic E-state index is 11.3. The molecule has 5 N–H and O–H groups in total. The highest BCUT2D eigenvalue weighted by molar-refractivity contribution is 7.80. The van der Waals surface area contributed by atoms with Crippen LogP contribution in [0.5, 0.6) is 0 Å². The summed E-state index contributed by atoms with van der Waals surface area (Å²) in [5, 5.41) is 4.75. The molecule has 0 saturated heterocycles. The van der Waals surface area contributed by atoms with Crippen molar-refractivity contribution in [2.24, 2.45) is 5.73 Å². The summed E-state index contributed by atoms with van der Waals surface area (Å²) in [6.07, 6.45) is 3.78. The van der Waals surface area contributed by atoms with E-state index in [0.29, 0.717) is 13.0 Å². The van der Waals surface area contributed by atoms with Crippen LogP contribution in [-0.2, 0) is 16.0 Å². The van der Waals surface area contributed by atoms with Gasteiger partial charge >= 0.3 is 11.8 Å². The van der Waals surface area contributed by atoms with Crippen LogP contribution in [0.3, 0.4) is 0 Å². The molecule has 0 aromatic carbocycles. The Bertz CT molecular complexity index is 404. The number of nitrogens with one attached hydrogen (secondary N) is 3. The summed E-state index contributed by atoms with van der Waals surface area (Å²) in [6.45, 7) is 0.365. The molecular weight excluding hydrogens is 242 g/mol. The number of carbonyl (C=O) groups is 2. The number of hydrogen-bond acceptors (Lipinski definition) is 4. The Hall–Kier alpha value is -1.96. The molecule has 1 aromatic rings. The number of imidazole rings is 1. The Labute approximate surface area is 103 Å². The molecule has 0 aliphatic rings. The highest BCUT2D eigenvalue weighted by atomic mass is 32.1. The number of amides is 2. The second-order valence-corrected chi connectivity index (χ2v) is 3.76. The predicted octanol–water partition coefficient (Wildman–Crippen LogP) is -1.53. The second kappa shape index (κ2) is 6.59. The lowest BCUT2D eigenvalue weighted by atomic mass is 10.3. The fraction of sp³-hybridized carbons (Fsp3) is 0.333. The van der Waals surface area contributed by atoms with Crippen LogP contribution in [0.2, 0.25) is 0 Å². The number of H-pyrrole nitrogens is 1. The molecular formula is C9H13N5O2S. The highest BCUT2D eigenvalue weighted by Crippen LogP contribution is 1.90. The Kier molecular flexibility index (Phi) is 5.08. The lowest BCUT2D eigenvalue weighted by Crippen LogP contribution is -2.43. The van der Waals surface area contributed by atoms with Crippen molar-refractivity contribution in [2.45, 2.75) is 6.42 Å². The first-order chi connectivity index (χ1) is 8.09. The van der Waals surface area contributed by atoms with E-state index in [1.54, 1.807) is 12.5 Å². The molecule has 0 fully saturated rings. The lowest BCUT2D eigenvalue weighted by Gasteiger charge is -2.04. The molecule has 17 heavy (non-hydrogen) atoms. The fourth-order valence-electron chi connectivity index (χ4n) is 1.06. The fourth-order valence-corrected chi connectivity index (χ4v) is 1.13. The van der Waals surface area contributed by atoms with Gasteiger partial charge in [0, 0.05) is 24.9 Å². The van der Waals surface area contributed by atoms with Crippen LogP contribution in [0.1, 0.15) is 5.69 Å². The first kappa shape index (κ1) is 13.1. The van der Waals surface area contributed by atoms with Gasteiger partial charge in [0.2, 0.25) is 0 Å². The quantitative estimate of drug-likeness (QED) is 0.376. The number of hydrogen-bond donors (Lipinski definition) is 4. The van der Waals surface area contributed by atoms with Gasteiger partial charge in [-0.15, -0.1) is 0 Å². The monoisotopic (exact) mass is 255 g/mol. The number of nitrogens with zero attached hydrogens (tertiary/aromatic N) is 1. The molecule has 1 rings (SSSR count). The highest BCUT2D eigenvalue weighted by Gasteiger charge is 2.12. The molecule has 0 spiro atoms. The van der Waals surface area contributed by atoms with Crippen molar-refractivity contribution in [1.29, 1.82) is 0 Å². The summed E-state index contributed by atoms with van der Waals surface area (Å²) in [5.74, 6) is -1.46. The molecule has 0 radical (unpaired) electrons. The molecule has 1 heterocycles. The molecule has 7 nitrogen and oxygen atoms in total. The van der Waals surface area contributed by atoms with Crippen molar-refractivity contribution in [3.05, 3.63) is 18.2 Å². The van der Waals surface area contributed by atoms with Gasteiger partial charge in [-0.2, -0.15) is 0 Å². The van der Waals surface area contributed by atoms with E-state index in [-0.39, 0.29) is 11.5 Å². The summed E-state index contributed by atoms with van der Waals surface area (Å²) in [5.41, 5.74) is 6.06. The molecule has 0 unspecified atom stereocenters. The largest absolute Gasteiger partial charge is 0.392 e. The first-order valence-electron chi connectivity index (χ1n) is 4.91. The summed E-state index contributed by atoms with van der Waals surface area (Å²) >= 11 is 4.56. The topological polar surface area (TPSA) is 113 Å². The van der Waals surface area contributed by atoms with Gasteiger partial charge in [0.15, 0.2) is 0 Å². The van der Waals surface area contributed by atoms with Crippen molar-refractivity contribution < 1.29 is 9.59 Å². The van der Waals surface area contributed by atoms with Gasteiger partial charge in [-0.25, -0.2) is 4.98 Å². The minimum Gasteiger partial charge on any atom is -0.392 e. The van der Waals surface area contributed by atoms with E-state index < -0.39 is 11.8 Å². The number of carbonyl (C=O) groups excluding carboxylic acids is 2. The van der Waals surface area contributed by atoms with E-state index in [0.717, 1.165) is 5.69 Å². The minimum atomic E-state index is -0.748. The van der Waals surface area contributed by atoms with E-state index in [1.165, 1.54) is 0 Å². The first-order valence-corrected chi connectivity index (χ1v) is 5.32. The zero-order chi connectivity index (χ0) is 12.7. The van der Waals surface area contributed by atoms with E-state index in [2.05, 4.69) is 32.8 Å². The Balaban J connectivity index is 2.20. The van der Waals surface area contributed by atoms with Crippen LogP contribution in [0.25, 0.3) is 0 Å². The Morgan fingerprint density at radius 3 is 2.71 bits per heavy atom. The summed E-state index contributed by atoms with van der Waals surface area (Å²) in [6, 6.07) is 0. The average molecular weight is 255 g/mol. The normalized spacial score (nSPS) is 9.65. The predicted molar refractivity (Wildman–Crippen MR) is 65.1 cm³/mol. The van der Waals surface area contributed by atoms with Crippen LogP contribution >= 0.6 is 12.2 Å². The van der Waals surface area contributed by atoms with E-state index in [1.807, 2.05) is 0 Å². The molecule has 0 saturated carbocycles. The van der Waals surface area contributed by atoms with Crippen molar-refractivity contribution in [3.8, 4) is 0 Å². The number of thiocarbonyl (C=S) groups is 1. The molecule has 8 heteroatoms. The van der Waals surface area contributed by atoms with Gasteiger partial charge in [0.05, 0.1) is 17.9 Å². The summed E-state index contributed by atoms with van der Waals surface area (Å²) < 4.78 is 0. The zero-order valence-electron chi connectivity index (χ0n) is 9.03. The standard InChI is InChI=1S/C9H13N5O2S/c10-7(17)4-13-9(16)8(15)12-2-1-6-3-11-5-14-6/h3,5H,1-2,4H2,(H2,10,17)(H,11,14)(H,12,15)(H,13,16). The molecule has 0 atom stereocenters. The number of rotatable bonds is 5. The zero-order valence-corrected chi connectivity index (χ0v) is 9.84. The van der Waals surface area contributed by atoms with Crippen molar-refractivity contribution in [3.63, 3.8) is 0 Å². The van der Waals surface area contributed by atoms with Gasteiger partial charge < -0.3 is 21.4 Å². The van der Waals surface area contributed by atoms with Gasteiger partial charge in [-0.3, -0.25) is 9.59 Å². The molecule has 92 valence electrons. The lowest BCUT2D eigenvalue weighted by molar-refractivity contribution is -0.139. The van der Waals surface area contributed by atoms with E-state index in [9.17, 15) is 9.59 Å². The van der Waals surface area contributed by atoms with Crippen LogP contribution in [0.4, 0.5) is 0 Å². The van der Waals surface area contributed by atoms with Crippen LogP contribution in [0, 0.1) is 0 Å². The smallest absolute Gasteiger partial charge is 0.309 e. The molecule has 0 aliphatic heterocycles. The van der Waals surface area contributed by atoms with Crippen molar-refractivity contribution >= 4 is 29.0 Å². The Morgan fingerprint density at radius 1 is 1.41 bits per heavy atom. The van der Waals surface area contributed by atoms with Crippen LogP contribution in [0.15, 0.2) is 12.5 Å². The van der Waals surface area contributed by atoms with Crippen molar-refractivity contribution in [1.82, 2.24) is 20.6 Å². The van der Waals surface area contributed by atoms with Gasteiger partial charge in [-0.05, 0) is 0 Å². The maximum atomic E-state index is 11.3. The number of aromatic nitrogens is 2. The summed E-state index contributed by atoms with van der Waals surface area (Å²) in [7, 11) is 0. The third-order valence-corrected chi connectivity index (χ3v) is 2.01. The second-order valence-electron chi connectivity index (χ2n) is 3.23. The number of nitrogens with two attached hydrogens (primary N) is 1. The SMILES string of the molecule is NC(=S)CNC(=O)C(=O)NCCc1cnc[nH]1. The summed E-state index contributed by atoms with van der Waals surface area (Å²) in [4.78, 5) is 29.3. The maximum Gasteiger partial charge on any atom is 0.309 e. The average Bonchev–Trinajstić information content (AvgIpc) is 2.78. The van der Waals surface area contributed by atoms with E-state index >= 15 is 0 Å². The van der Waals surface area contributed by atoms with Crippen LogP contribution < -0.4 is 16.4 Å². The third-order valence-electron chi connectivity index (χ3n) is 1.86. The van der Waals surface area contributed by atoms with Gasteiger partial charge in [0.1, 0.15) is 0 Å². The molecule has 0 bridgehead atoms. The van der Waals surface area contributed by atoms with E-state index in [4.69, 9.17) is 5.73 Å². The van der Waals surface area contributed by atoms with Gasteiger partial charge in [0.25, 0.3) is 0 Å². The minimum absolute atomic E-state index is 0.0160. The molecule has 0 aliphatic carbocycles. The third kappa shape index (κ3) is 5.07. The van der Waals surface area contributed by atoms with Crippen LogP contribution in [-0.4, -0.2) is 39.9 Å². The number of aromatic amines is 1. The Morgan fingerprint density at radius 2 is 2.12 bits per heavy atom. The van der Waals surface area contributed by atoms with Gasteiger partial charge in [-0.1, -0.05) is 12.2 Å². The molecule has 1 aromatic heterocycles. The van der Waals surface area contributed by atoms with Crippen molar-refractivity contribution in [2.75, 3.05) is 13.1 Å². The molecule has 2 amide bonds.